The van der Waals surface area contributed by atoms with Crippen LogP contribution in [0.5, 0.6) is 0 Å². The van der Waals surface area contributed by atoms with E-state index in [1.807, 2.05) is 60.8 Å². The van der Waals surface area contributed by atoms with Crippen LogP contribution in [0.25, 0.3) is 10.9 Å². The summed E-state index contributed by atoms with van der Waals surface area (Å²) in [6.07, 6.45) is 6.60. The highest BCUT2D eigenvalue weighted by molar-refractivity contribution is 5.91. The van der Waals surface area contributed by atoms with Crippen molar-refractivity contribution in [3.05, 3.63) is 89.6 Å². The number of nitrogens with zero attached hydrogens (tertiary/aromatic N) is 2. The van der Waals surface area contributed by atoms with E-state index in [1.165, 1.54) is 0 Å². The Labute approximate surface area is 299 Å². The molecule has 3 heterocycles. The number of amides is 3. The Bertz CT molecular complexity index is 1780. The highest BCUT2D eigenvalue weighted by atomic mass is 16.6. The number of likely N-dealkylation sites (tertiary alicyclic amines) is 1. The number of urea groups is 1. The van der Waals surface area contributed by atoms with Crippen LogP contribution in [0, 0.1) is 0 Å². The summed E-state index contributed by atoms with van der Waals surface area (Å²) in [6, 6.07) is 15.9. The van der Waals surface area contributed by atoms with E-state index in [0.29, 0.717) is 63.3 Å². The third-order valence-corrected chi connectivity index (χ3v) is 9.70. The van der Waals surface area contributed by atoms with Crippen LogP contribution in [-0.2, 0) is 31.8 Å². The van der Waals surface area contributed by atoms with Gasteiger partial charge in [-0.2, -0.15) is 0 Å². The zero-order valence-electron chi connectivity index (χ0n) is 30.4. The topological polar surface area (TPSA) is 178 Å². The molecule has 4 aromatic rings. The van der Waals surface area contributed by atoms with Gasteiger partial charge in [0.2, 0.25) is 5.91 Å². The lowest BCUT2D eigenvalue weighted by Gasteiger charge is -2.39. The SMILES string of the molecule is CC(C)(C)OC(=O)[C@@H](CCCCN)NC(=O)C(C)(C)c1cnc([C@@H](Cc2c[nH]c3ccccc23)NC(=O)N2CCC(O)(c3ccccc3)CC2)[nH]1. The van der Waals surface area contributed by atoms with Crippen LogP contribution in [0.3, 0.4) is 0 Å². The number of aliphatic hydroxyl groups is 1. The number of fused-ring (bicyclic) bond motifs is 1. The maximum absolute atomic E-state index is 13.8. The Balaban J connectivity index is 1.35. The lowest BCUT2D eigenvalue weighted by molar-refractivity contribution is -0.159. The molecular weight excluding hydrogens is 646 g/mol. The summed E-state index contributed by atoms with van der Waals surface area (Å²) in [4.78, 5) is 53.7. The summed E-state index contributed by atoms with van der Waals surface area (Å²) in [5, 5.41) is 18.5. The van der Waals surface area contributed by atoms with E-state index in [4.69, 9.17) is 10.5 Å². The van der Waals surface area contributed by atoms with Crippen LogP contribution in [-0.4, -0.2) is 74.1 Å². The number of aromatic amines is 2. The van der Waals surface area contributed by atoms with Crippen LogP contribution in [0.15, 0.2) is 67.0 Å². The number of carbonyl (C=O) groups is 3. The quantitative estimate of drug-likeness (QED) is 0.0830. The van der Waals surface area contributed by atoms with Crippen molar-refractivity contribution in [2.75, 3.05) is 19.6 Å². The van der Waals surface area contributed by atoms with Gasteiger partial charge in [-0.25, -0.2) is 14.6 Å². The second kappa shape index (κ2) is 15.7. The highest BCUT2D eigenvalue weighted by Gasteiger charge is 2.38. The standard InChI is InChI=1S/C39H53N7O5/c1-37(2,3)51-34(47)30(17-11-12-20-40)43-35(48)38(4,5)32-25-42-33(45-32)31(23-26-24-41-29-16-10-9-15-28(26)29)44-36(49)46-21-18-39(50,19-22-46)27-13-7-6-8-14-27/h6-10,13-16,24-25,30-31,41,50H,11-12,17-23,40H2,1-5H3,(H,42,45)(H,43,48)(H,44,49)/t30-,31-/m1/s1. The number of H-pyrrole nitrogens is 2. The number of para-hydroxylation sites is 1. The Morgan fingerprint density at radius 1 is 1.00 bits per heavy atom. The molecule has 2 aromatic carbocycles. The maximum atomic E-state index is 13.8. The Morgan fingerprint density at radius 3 is 2.37 bits per heavy atom. The van der Waals surface area contributed by atoms with Gasteiger partial charge in [-0.1, -0.05) is 48.5 Å². The van der Waals surface area contributed by atoms with E-state index in [-0.39, 0.29) is 11.9 Å². The third-order valence-electron chi connectivity index (χ3n) is 9.70. The Morgan fingerprint density at radius 2 is 1.69 bits per heavy atom. The van der Waals surface area contributed by atoms with Crippen molar-refractivity contribution < 1.29 is 24.2 Å². The van der Waals surface area contributed by atoms with E-state index in [2.05, 4.69) is 25.6 Å². The minimum Gasteiger partial charge on any atom is -0.458 e. The fraction of sp³-hybridized carbons (Fsp3) is 0.487. The van der Waals surface area contributed by atoms with Crippen LogP contribution in [0.4, 0.5) is 4.79 Å². The van der Waals surface area contributed by atoms with Gasteiger partial charge in [0.1, 0.15) is 17.5 Å². The molecule has 0 unspecified atom stereocenters. The maximum Gasteiger partial charge on any atom is 0.329 e. The fourth-order valence-electron chi connectivity index (χ4n) is 6.50. The second-order valence-corrected chi connectivity index (χ2v) is 15.1. The van der Waals surface area contributed by atoms with Crippen molar-refractivity contribution in [2.45, 2.75) is 102 Å². The number of aromatic nitrogens is 3. The number of nitrogens with two attached hydrogens (primary N) is 1. The van der Waals surface area contributed by atoms with Gasteiger partial charge in [-0.15, -0.1) is 0 Å². The molecule has 1 aliphatic heterocycles. The molecule has 5 rings (SSSR count). The lowest BCUT2D eigenvalue weighted by Crippen LogP contribution is -2.50. The zero-order valence-corrected chi connectivity index (χ0v) is 30.4. The molecule has 0 saturated carbocycles. The van der Waals surface area contributed by atoms with E-state index in [0.717, 1.165) is 28.5 Å². The molecule has 0 aliphatic carbocycles. The number of ether oxygens (including phenoxy) is 1. The summed E-state index contributed by atoms with van der Waals surface area (Å²) >= 11 is 0. The third kappa shape index (κ3) is 9.17. The van der Waals surface area contributed by atoms with Crippen molar-refractivity contribution in [2.24, 2.45) is 5.73 Å². The largest absolute Gasteiger partial charge is 0.458 e. The molecule has 1 saturated heterocycles. The van der Waals surface area contributed by atoms with Crippen LogP contribution < -0.4 is 16.4 Å². The number of hydrogen-bond acceptors (Lipinski definition) is 7. The first kappa shape index (κ1) is 37.6. The number of carbonyl (C=O) groups excluding carboxylic acids is 3. The number of imidazole rings is 1. The van der Waals surface area contributed by atoms with E-state index in [9.17, 15) is 19.5 Å². The zero-order chi connectivity index (χ0) is 36.8. The molecule has 12 nitrogen and oxygen atoms in total. The summed E-state index contributed by atoms with van der Waals surface area (Å²) < 4.78 is 5.62. The van der Waals surface area contributed by atoms with Gasteiger partial charge in [0.15, 0.2) is 0 Å². The normalized spacial score (nSPS) is 16.0. The summed E-state index contributed by atoms with van der Waals surface area (Å²) in [6.45, 7) is 10.2. The second-order valence-electron chi connectivity index (χ2n) is 15.1. The van der Waals surface area contributed by atoms with Gasteiger partial charge in [0, 0.05) is 48.5 Å². The molecule has 3 amide bonds. The van der Waals surface area contributed by atoms with E-state index >= 15 is 0 Å². The molecule has 0 radical (unpaired) electrons. The Hall–Kier alpha value is -4.68. The molecule has 0 spiro atoms. The van der Waals surface area contributed by atoms with Gasteiger partial charge < -0.3 is 41.1 Å². The summed E-state index contributed by atoms with van der Waals surface area (Å²) in [5.41, 5.74) is 6.25. The average molecular weight is 700 g/mol. The first-order chi connectivity index (χ1) is 24.2. The van der Waals surface area contributed by atoms with Crippen molar-refractivity contribution >= 4 is 28.8 Å². The number of rotatable bonds is 13. The van der Waals surface area contributed by atoms with Crippen molar-refractivity contribution in [1.29, 1.82) is 0 Å². The minimum absolute atomic E-state index is 0.261. The average Bonchev–Trinajstić information content (AvgIpc) is 3.76. The lowest BCUT2D eigenvalue weighted by atomic mass is 9.84. The molecular formula is C39H53N7O5. The summed E-state index contributed by atoms with van der Waals surface area (Å²) in [7, 11) is 0. The first-order valence-corrected chi connectivity index (χ1v) is 17.9. The Kier molecular flexibility index (Phi) is 11.6. The van der Waals surface area contributed by atoms with Crippen molar-refractivity contribution in [3.63, 3.8) is 0 Å². The first-order valence-electron chi connectivity index (χ1n) is 17.9. The van der Waals surface area contributed by atoms with Crippen LogP contribution in [0.1, 0.15) is 95.4 Å². The fourth-order valence-corrected chi connectivity index (χ4v) is 6.50. The highest BCUT2D eigenvalue weighted by Crippen LogP contribution is 2.33. The number of benzene rings is 2. The van der Waals surface area contributed by atoms with E-state index < -0.39 is 34.7 Å². The minimum atomic E-state index is -1.11. The number of esters is 1. The van der Waals surface area contributed by atoms with E-state index in [1.54, 1.807) is 45.7 Å². The molecule has 2 aromatic heterocycles. The van der Waals surface area contributed by atoms with Crippen molar-refractivity contribution in [3.8, 4) is 0 Å². The van der Waals surface area contributed by atoms with Gasteiger partial charge in [0.25, 0.3) is 0 Å². The number of nitrogens with one attached hydrogen (secondary N) is 4. The molecule has 1 fully saturated rings. The summed E-state index contributed by atoms with van der Waals surface area (Å²) in [5.74, 6) is -0.359. The number of piperidine rings is 1. The van der Waals surface area contributed by atoms with Crippen LogP contribution in [0.2, 0.25) is 0 Å². The monoisotopic (exact) mass is 699 g/mol. The van der Waals surface area contributed by atoms with Gasteiger partial charge in [-0.3, -0.25) is 4.79 Å². The van der Waals surface area contributed by atoms with Crippen molar-refractivity contribution in [1.82, 2.24) is 30.5 Å². The van der Waals surface area contributed by atoms with Crippen LogP contribution >= 0.6 is 0 Å². The number of hydrogen-bond donors (Lipinski definition) is 6. The smallest absolute Gasteiger partial charge is 0.329 e. The number of unbranched alkanes of at least 4 members (excludes halogenated alkanes) is 1. The molecule has 1 aliphatic rings. The molecule has 0 bridgehead atoms. The van der Waals surface area contributed by atoms with Gasteiger partial charge in [-0.05, 0) is 90.5 Å². The molecule has 7 N–H and O–H groups in total. The predicted octanol–water partition coefficient (Wildman–Crippen LogP) is 5.10. The predicted molar refractivity (Wildman–Crippen MR) is 197 cm³/mol. The van der Waals surface area contributed by atoms with Gasteiger partial charge >= 0.3 is 12.0 Å². The van der Waals surface area contributed by atoms with Gasteiger partial charge in [0.05, 0.1) is 17.1 Å². The molecule has 12 heteroatoms. The molecule has 2 atom stereocenters. The molecule has 274 valence electrons. The molecule has 51 heavy (non-hydrogen) atoms.